The van der Waals surface area contributed by atoms with E-state index in [0.717, 1.165) is 15.4 Å². The summed E-state index contributed by atoms with van der Waals surface area (Å²) in [6.07, 6.45) is 0.293. The maximum Gasteiger partial charge on any atom is 0.264 e. The van der Waals surface area contributed by atoms with Crippen molar-refractivity contribution >= 4 is 50.7 Å². The highest BCUT2D eigenvalue weighted by Gasteiger charge is 2.34. The molecule has 3 aromatic rings. The zero-order valence-corrected chi connectivity index (χ0v) is 25.6. The number of sulfonamides is 1. The molecular weight excluding hydrogens is 569 g/mol. The molecule has 40 heavy (non-hydrogen) atoms. The highest BCUT2D eigenvalue weighted by atomic mass is 35.5. The molecular formula is C30H35Cl2N3O4S. The lowest BCUT2D eigenvalue weighted by molar-refractivity contribution is -0.140. The minimum atomic E-state index is -4.14. The number of rotatable bonds is 11. The molecule has 0 radical (unpaired) electrons. The number of carbonyl (C=O) groups is 2. The van der Waals surface area contributed by atoms with Gasteiger partial charge < -0.3 is 10.2 Å². The molecule has 0 spiro atoms. The number of aryl methyl sites for hydroxylation is 2. The van der Waals surface area contributed by atoms with Crippen LogP contribution in [0.2, 0.25) is 10.0 Å². The van der Waals surface area contributed by atoms with Crippen molar-refractivity contribution in [3.63, 3.8) is 0 Å². The molecule has 10 heteroatoms. The molecule has 214 valence electrons. The van der Waals surface area contributed by atoms with Crippen molar-refractivity contribution in [3.05, 3.63) is 93.5 Å². The minimum absolute atomic E-state index is 0.0475. The first-order valence-electron chi connectivity index (χ1n) is 13.0. The van der Waals surface area contributed by atoms with Crippen molar-refractivity contribution < 1.29 is 18.0 Å². The molecule has 3 rings (SSSR count). The number of amides is 2. The van der Waals surface area contributed by atoms with E-state index in [4.69, 9.17) is 23.2 Å². The zero-order valence-electron chi connectivity index (χ0n) is 23.3. The fourth-order valence-electron chi connectivity index (χ4n) is 4.28. The van der Waals surface area contributed by atoms with E-state index in [-0.39, 0.29) is 23.4 Å². The predicted molar refractivity (Wildman–Crippen MR) is 161 cm³/mol. The van der Waals surface area contributed by atoms with Gasteiger partial charge in [0.05, 0.1) is 10.6 Å². The van der Waals surface area contributed by atoms with Gasteiger partial charge in [0, 0.05) is 28.2 Å². The standard InChI is InChI=1S/C30H35Cl2N3O4S/c1-6-28(30(37)33-20(2)3)34(18-25-26(31)13-10-14-27(25)32)29(36)19-35(23-16-15-21(4)22(5)17-23)40(38,39)24-11-8-7-9-12-24/h7-17,20,28H,6,18-19H2,1-5H3,(H,33,37)/t28-/m0/s1. The average molecular weight is 605 g/mol. The van der Waals surface area contributed by atoms with Crippen molar-refractivity contribution in [2.45, 2.75) is 64.6 Å². The molecule has 0 fully saturated rings. The van der Waals surface area contributed by atoms with Crippen LogP contribution in [0.3, 0.4) is 0 Å². The van der Waals surface area contributed by atoms with Gasteiger partial charge in [-0.3, -0.25) is 13.9 Å². The molecule has 0 saturated carbocycles. The predicted octanol–water partition coefficient (Wildman–Crippen LogP) is 6.14. The number of hydrogen-bond acceptors (Lipinski definition) is 4. The first-order chi connectivity index (χ1) is 18.9. The van der Waals surface area contributed by atoms with E-state index in [1.54, 1.807) is 55.5 Å². The molecule has 0 bridgehead atoms. The molecule has 2 amide bonds. The van der Waals surface area contributed by atoms with E-state index in [9.17, 15) is 18.0 Å². The Balaban J connectivity index is 2.12. The van der Waals surface area contributed by atoms with E-state index in [2.05, 4.69) is 5.32 Å². The Hall–Kier alpha value is -3.07. The van der Waals surface area contributed by atoms with Gasteiger partial charge in [-0.25, -0.2) is 8.42 Å². The van der Waals surface area contributed by atoms with Crippen LogP contribution in [0, 0.1) is 13.8 Å². The van der Waals surface area contributed by atoms with Gasteiger partial charge in [-0.2, -0.15) is 0 Å². The van der Waals surface area contributed by atoms with Gasteiger partial charge in [-0.1, -0.05) is 60.5 Å². The van der Waals surface area contributed by atoms with Gasteiger partial charge in [0.2, 0.25) is 11.8 Å². The molecule has 0 saturated heterocycles. The maximum atomic E-state index is 14.1. The summed E-state index contributed by atoms with van der Waals surface area (Å²) in [7, 11) is -4.14. The van der Waals surface area contributed by atoms with Crippen LogP contribution in [0.1, 0.15) is 43.9 Å². The normalized spacial score (nSPS) is 12.2. The van der Waals surface area contributed by atoms with E-state index in [1.807, 2.05) is 33.8 Å². The summed E-state index contributed by atoms with van der Waals surface area (Å²) >= 11 is 12.9. The number of halogens is 2. The summed E-state index contributed by atoms with van der Waals surface area (Å²) in [5.41, 5.74) is 2.67. The molecule has 0 heterocycles. The molecule has 7 nitrogen and oxygen atoms in total. The van der Waals surface area contributed by atoms with Gasteiger partial charge in [-0.15, -0.1) is 0 Å². The maximum absolute atomic E-state index is 14.1. The van der Waals surface area contributed by atoms with Gasteiger partial charge in [-0.05, 0) is 81.6 Å². The summed E-state index contributed by atoms with van der Waals surface area (Å²) in [5.74, 6) is -0.919. The van der Waals surface area contributed by atoms with Crippen LogP contribution in [-0.2, 0) is 26.2 Å². The van der Waals surface area contributed by atoms with Gasteiger partial charge in [0.1, 0.15) is 12.6 Å². The lowest BCUT2D eigenvalue weighted by atomic mass is 10.1. The van der Waals surface area contributed by atoms with Crippen LogP contribution in [0.25, 0.3) is 0 Å². The zero-order chi connectivity index (χ0) is 29.6. The monoisotopic (exact) mass is 603 g/mol. The lowest BCUT2D eigenvalue weighted by Gasteiger charge is -2.34. The van der Waals surface area contributed by atoms with Crippen LogP contribution < -0.4 is 9.62 Å². The van der Waals surface area contributed by atoms with Crippen molar-refractivity contribution in [1.29, 1.82) is 0 Å². The van der Waals surface area contributed by atoms with Crippen molar-refractivity contribution in [2.24, 2.45) is 0 Å². The Morgan fingerprint density at radius 3 is 2.08 bits per heavy atom. The smallest absolute Gasteiger partial charge is 0.264 e. The Morgan fingerprint density at radius 2 is 1.52 bits per heavy atom. The second kappa shape index (κ2) is 13.5. The molecule has 0 aromatic heterocycles. The number of benzene rings is 3. The van der Waals surface area contributed by atoms with Crippen molar-refractivity contribution in [3.8, 4) is 0 Å². The Labute approximate surface area is 247 Å². The molecule has 0 unspecified atom stereocenters. The average Bonchev–Trinajstić information content (AvgIpc) is 2.90. The third-order valence-electron chi connectivity index (χ3n) is 6.60. The van der Waals surface area contributed by atoms with E-state index >= 15 is 0 Å². The molecule has 1 N–H and O–H groups in total. The van der Waals surface area contributed by atoms with Crippen LogP contribution >= 0.6 is 23.2 Å². The van der Waals surface area contributed by atoms with Crippen LogP contribution in [0.15, 0.2) is 71.6 Å². The SMILES string of the molecule is CC[C@@H](C(=O)NC(C)C)N(Cc1c(Cl)cccc1Cl)C(=O)CN(c1ccc(C)c(C)c1)S(=O)(=O)c1ccccc1. The molecule has 0 aliphatic heterocycles. The van der Waals surface area contributed by atoms with Crippen LogP contribution in [0.5, 0.6) is 0 Å². The molecule has 3 aromatic carbocycles. The molecule has 0 aliphatic carbocycles. The Bertz CT molecular complexity index is 1440. The summed E-state index contributed by atoms with van der Waals surface area (Å²) in [5, 5.41) is 3.55. The van der Waals surface area contributed by atoms with Crippen molar-refractivity contribution in [1.82, 2.24) is 10.2 Å². The summed E-state index contributed by atoms with van der Waals surface area (Å²) in [6.45, 7) is 8.64. The van der Waals surface area contributed by atoms with E-state index in [0.29, 0.717) is 27.7 Å². The highest BCUT2D eigenvalue weighted by molar-refractivity contribution is 7.92. The molecule has 1 atom stereocenters. The van der Waals surface area contributed by atoms with Crippen molar-refractivity contribution in [2.75, 3.05) is 10.8 Å². The number of carbonyl (C=O) groups excluding carboxylic acids is 2. The largest absolute Gasteiger partial charge is 0.352 e. The van der Waals surface area contributed by atoms with E-state index in [1.165, 1.54) is 17.0 Å². The fraction of sp³-hybridized carbons (Fsp3) is 0.333. The first-order valence-corrected chi connectivity index (χ1v) is 15.2. The van der Waals surface area contributed by atoms with Crippen LogP contribution in [-0.4, -0.2) is 43.8 Å². The molecule has 0 aliphatic rings. The topological polar surface area (TPSA) is 86.8 Å². The van der Waals surface area contributed by atoms with E-state index < -0.39 is 28.5 Å². The summed E-state index contributed by atoms with van der Waals surface area (Å²) in [4.78, 5) is 28.8. The first kappa shape index (κ1) is 31.5. The summed E-state index contributed by atoms with van der Waals surface area (Å²) < 4.78 is 28.9. The summed E-state index contributed by atoms with van der Waals surface area (Å²) in [6, 6.07) is 17.1. The highest BCUT2D eigenvalue weighted by Crippen LogP contribution is 2.29. The lowest BCUT2D eigenvalue weighted by Crippen LogP contribution is -2.53. The second-order valence-electron chi connectivity index (χ2n) is 9.90. The quantitative estimate of drug-likeness (QED) is 0.285. The number of anilines is 1. The third kappa shape index (κ3) is 7.36. The Kier molecular flexibility index (Phi) is 10.6. The number of nitrogens with one attached hydrogen (secondary N) is 1. The van der Waals surface area contributed by atoms with Gasteiger partial charge in [0.15, 0.2) is 0 Å². The number of hydrogen-bond donors (Lipinski definition) is 1. The van der Waals surface area contributed by atoms with Crippen LogP contribution in [0.4, 0.5) is 5.69 Å². The Morgan fingerprint density at radius 1 is 0.900 bits per heavy atom. The third-order valence-corrected chi connectivity index (χ3v) is 9.09. The second-order valence-corrected chi connectivity index (χ2v) is 12.6. The van der Waals surface area contributed by atoms with Gasteiger partial charge >= 0.3 is 0 Å². The minimum Gasteiger partial charge on any atom is -0.352 e. The fourth-order valence-corrected chi connectivity index (χ4v) is 6.23. The number of nitrogens with zero attached hydrogens (tertiary/aromatic N) is 2. The van der Waals surface area contributed by atoms with Gasteiger partial charge in [0.25, 0.3) is 10.0 Å².